The van der Waals surface area contributed by atoms with E-state index in [1.807, 2.05) is 4.90 Å². The van der Waals surface area contributed by atoms with E-state index in [2.05, 4.69) is 19.2 Å². The first kappa shape index (κ1) is 17.8. The van der Waals surface area contributed by atoms with Crippen LogP contribution in [0.25, 0.3) is 0 Å². The Morgan fingerprint density at radius 3 is 2.43 bits per heavy atom. The zero-order valence-electron chi connectivity index (χ0n) is 13.3. The number of nitrogens with one attached hydrogen (secondary N) is 1. The van der Waals surface area contributed by atoms with Gasteiger partial charge in [0.15, 0.2) is 6.04 Å². The number of hydrogen-bond donors (Lipinski definition) is 2. The van der Waals surface area contributed by atoms with Crippen LogP contribution in [0.3, 0.4) is 0 Å². The van der Waals surface area contributed by atoms with Crippen molar-refractivity contribution in [1.82, 2.24) is 10.2 Å². The number of amides is 2. The minimum absolute atomic E-state index is 0.0240. The Labute approximate surface area is 126 Å². The zero-order chi connectivity index (χ0) is 15.8. The molecule has 0 aromatic heterocycles. The lowest BCUT2D eigenvalue weighted by atomic mass is 10.1. The van der Waals surface area contributed by atoms with Gasteiger partial charge in [-0.25, -0.2) is 9.59 Å². The summed E-state index contributed by atoms with van der Waals surface area (Å²) in [6.45, 7) is 4.89. The number of carboxylic acid groups (broad SMARTS) is 1. The third-order valence-corrected chi connectivity index (χ3v) is 3.90. The number of carbonyl (C=O) groups is 2. The first-order chi connectivity index (χ1) is 9.95. The number of hydrogen-bond acceptors (Lipinski definition) is 3. The number of rotatable bonds is 8. The molecule has 0 radical (unpaired) electrons. The molecule has 1 saturated carbocycles. The van der Waals surface area contributed by atoms with Gasteiger partial charge in [0, 0.05) is 19.7 Å². The van der Waals surface area contributed by atoms with Crippen LogP contribution >= 0.6 is 0 Å². The van der Waals surface area contributed by atoms with Crippen LogP contribution in [0.5, 0.6) is 0 Å². The molecule has 1 aliphatic rings. The third kappa shape index (κ3) is 5.91. The molecule has 0 aliphatic heterocycles. The van der Waals surface area contributed by atoms with Crippen LogP contribution in [0.1, 0.15) is 46.0 Å². The van der Waals surface area contributed by atoms with Crippen LogP contribution < -0.4 is 5.32 Å². The fourth-order valence-corrected chi connectivity index (χ4v) is 2.64. The summed E-state index contributed by atoms with van der Waals surface area (Å²) in [6.07, 6.45) is 5.21. The Kier molecular flexibility index (Phi) is 7.50. The number of carbonyl (C=O) groups excluding carboxylic acids is 1. The predicted molar refractivity (Wildman–Crippen MR) is 80.2 cm³/mol. The molecule has 0 spiro atoms. The van der Waals surface area contributed by atoms with E-state index >= 15 is 0 Å². The van der Waals surface area contributed by atoms with E-state index in [4.69, 9.17) is 9.84 Å². The van der Waals surface area contributed by atoms with Crippen LogP contribution in [0, 0.1) is 5.92 Å². The van der Waals surface area contributed by atoms with Crippen molar-refractivity contribution in [3.8, 4) is 0 Å². The number of methoxy groups -OCH3 is 1. The lowest BCUT2D eigenvalue weighted by molar-refractivity contribution is -0.140. The van der Waals surface area contributed by atoms with E-state index in [0.29, 0.717) is 12.5 Å². The van der Waals surface area contributed by atoms with Crippen molar-refractivity contribution in [3.63, 3.8) is 0 Å². The molecule has 122 valence electrons. The van der Waals surface area contributed by atoms with Crippen LogP contribution in [-0.2, 0) is 9.53 Å². The highest BCUT2D eigenvalue weighted by Gasteiger charge is 2.29. The summed E-state index contributed by atoms with van der Waals surface area (Å²) in [4.78, 5) is 25.4. The number of carboxylic acids is 1. The van der Waals surface area contributed by atoms with Crippen LogP contribution in [-0.4, -0.2) is 54.4 Å². The Bertz CT molecular complexity index is 341. The van der Waals surface area contributed by atoms with Gasteiger partial charge in [-0.1, -0.05) is 26.7 Å². The molecule has 6 heteroatoms. The summed E-state index contributed by atoms with van der Waals surface area (Å²) >= 11 is 0. The molecule has 21 heavy (non-hydrogen) atoms. The van der Waals surface area contributed by atoms with Gasteiger partial charge in [0.25, 0.3) is 0 Å². The van der Waals surface area contributed by atoms with Crippen LogP contribution in [0.2, 0.25) is 0 Å². The highest BCUT2D eigenvalue weighted by atomic mass is 16.5. The monoisotopic (exact) mass is 300 g/mol. The third-order valence-electron chi connectivity index (χ3n) is 3.90. The van der Waals surface area contributed by atoms with Gasteiger partial charge in [-0.3, -0.25) is 0 Å². The van der Waals surface area contributed by atoms with Crippen molar-refractivity contribution < 1.29 is 19.4 Å². The summed E-state index contributed by atoms with van der Waals surface area (Å²) in [6, 6.07) is -1.04. The topological polar surface area (TPSA) is 78.9 Å². The van der Waals surface area contributed by atoms with Gasteiger partial charge in [-0.15, -0.1) is 0 Å². The van der Waals surface area contributed by atoms with E-state index in [0.717, 1.165) is 32.1 Å². The number of nitrogens with zero attached hydrogens (tertiary/aromatic N) is 1. The Hall–Kier alpha value is -1.30. The molecule has 2 N–H and O–H groups in total. The highest BCUT2D eigenvalue weighted by molar-refractivity contribution is 5.82. The highest BCUT2D eigenvalue weighted by Crippen LogP contribution is 2.24. The molecule has 0 bridgehead atoms. The van der Waals surface area contributed by atoms with Crippen molar-refractivity contribution in [3.05, 3.63) is 0 Å². The van der Waals surface area contributed by atoms with Gasteiger partial charge in [0.1, 0.15) is 0 Å². The molecule has 0 heterocycles. The van der Waals surface area contributed by atoms with Crippen LogP contribution in [0.15, 0.2) is 0 Å². The smallest absolute Gasteiger partial charge is 0.328 e. The first-order valence-corrected chi connectivity index (χ1v) is 7.74. The van der Waals surface area contributed by atoms with Crippen LogP contribution in [0.4, 0.5) is 4.79 Å². The molecule has 1 atom stereocenters. The maximum atomic E-state index is 12.4. The minimum atomic E-state index is -1.07. The second kappa shape index (κ2) is 8.87. The van der Waals surface area contributed by atoms with Crippen molar-refractivity contribution in [2.75, 3.05) is 20.3 Å². The summed E-state index contributed by atoms with van der Waals surface area (Å²) < 4.78 is 4.86. The average Bonchev–Trinajstić information content (AvgIpc) is 2.91. The number of urea groups is 1. The summed E-state index contributed by atoms with van der Waals surface area (Å²) in [5.41, 5.74) is 0. The second-order valence-corrected chi connectivity index (χ2v) is 6.11. The fraction of sp³-hybridized carbons (Fsp3) is 0.867. The van der Waals surface area contributed by atoms with E-state index in [1.54, 1.807) is 0 Å². The molecule has 0 aromatic carbocycles. The molecular weight excluding hydrogens is 272 g/mol. The average molecular weight is 300 g/mol. The van der Waals surface area contributed by atoms with E-state index in [-0.39, 0.29) is 18.7 Å². The van der Waals surface area contributed by atoms with Gasteiger partial charge >= 0.3 is 12.0 Å². The van der Waals surface area contributed by atoms with Crippen molar-refractivity contribution in [2.24, 2.45) is 5.92 Å². The molecule has 2 amide bonds. The number of aliphatic carboxylic acids is 1. The van der Waals surface area contributed by atoms with E-state index in [9.17, 15) is 9.59 Å². The molecular formula is C15H28N2O4. The Morgan fingerprint density at radius 2 is 1.95 bits per heavy atom. The first-order valence-electron chi connectivity index (χ1n) is 7.74. The van der Waals surface area contributed by atoms with Crippen molar-refractivity contribution in [1.29, 1.82) is 0 Å². The summed E-state index contributed by atoms with van der Waals surface area (Å²) in [7, 11) is 1.43. The maximum Gasteiger partial charge on any atom is 0.328 e. The SMILES string of the molecule is COCC(NC(=O)N(CCC(C)C)C1CCCC1)C(=O)O. The standard InChI is InChI=1S/C15H28N2O4/c1-11(2)8-9-17(12-6-4-5-7-12)15(20)16-13(10-21-3)14(18)19/h11-13H,4-10H2,1-3H3,(H,16,20)(H,18,19). The van der Waals surface area contributed by atoms with Gasteiger partial charge in [-0.2, -0.15) is 0 Å². The fourth-order valence-electron chi connectivity index (χ4n) is 2.64. The van der Waals surface area contributed by atoms with Crippen molar-refractivity contribution >= 4 is 12.0 Å². The molecule has 1 unspecified atom stereocenters. The molecule has 1 fully saturated rings. The minimum Gasteiger partial charge on any atom is -0.480 e. The maximum absolute atomic E-state index is 12.4. The normalized spacial score (nSPS) is 17.0. The lowest BCUT2D eigenvalue weighted by Crippen LogP contribution is -2.52. The Morgan fingerprint density at radius 1 is 1.33 bits per heavy atom. The van der Waals surface area contributed by atoms with E-state index < -0.39 is 12.0 Å². The number of ether oxygens (including phenoxy) is 1. The largest absolute Gasteiger partial charge is 0.480 e. The zero-order valence-corrected chi connectivity index (χ0v) is 13.3. The molecule has 1 rings (SSSR count). The van der Waals surface area contributed by atoms with Gasteiger partial charge < -0.3 is 20.1 Å². The van der Waals surface area contributed by atoms with Gasteiger partial charge in [0.2, 0.25) is 0 Å². The van der Waals surface area contributed by atoms with Gasteiger partial charge in [0.05, 0.1) is 6.61 Å². The molecule has 0 saturated heterocycles. The van der Waals surface area contributed by atoms with E-state index in [1.165, 1.54) is 7.11 Å². The molecule has 1 aliphatic carbocycles. The summed E-state index contributed by atoms with van der Waals surface area (Å²) in [5, 5.41) is 11.7. The Balaban J connectivity index is 2.66. The summed E-state index contributed by atoms with van der Waals surface area (Å²) in [5.74, 6) is -0.559. The predicted octanol–water partition coefficient (Wildman–Crippen LogP) is 2.09. The molecule has 6 nitrogen and oxygen atoms in total. The quantitative estimate of drug-likeness (QED) is 0.719. The molecule has 0 aromatic rings. The van der Waals surface area contributed by atoms with Crippen molar-refractivity contribution in [2.45, 2.75) is 58.0 Å². The van der Waals surface area contributed by atoms with Gasteiger partial charge in [-0.05, 0) is 25.2 Å². The lowest BCUT2D eigenvalue weighted by Gasteiger charge is -2.31. The second-order valence-electron chi connectivity index (χ2n) is 6.11.